The van der Waals surface area contributed by atoms with Gasteiger partial charge in [0.1, 0.15) is 0 Å². The SMILES string of the molecule is O=C(O)CCC(=O)NC(=O)N1CCCCCCC1. The summed E-state index contributed by atoms with van der Waals surface area (Å²) in [6, 6.07) is -0.396. The zero-order valence-corrected chi connectivity index (χ0v) is 10.5. The third kappa shape index (κ3) is 5.65. The Kier molecular flexibility index (Phi) is 6.18. The Bertz CT molecular complexity index is 309. The molecule has 1 rings (SSSR count). The zero-order valence-electron chi connectivity index (χ0n) is 10.5. The number of likely N-dealkylation sites (tertiary alicyclic amines) is 1. The maximum atomic E-state index is 11.8. The highest BCUT2D eigenvalue weighted by Gasteiger charge is 2.17. The molecule has 0 bridgehead atoms. The smallest absolute Gasteiger partial charge is 0.324 e. The van der Waals surface area contributed by atoms with Crippen LogP contribution in [0.4, 0.5) is 4.79 Å². The summed E-state index contributed by atoms with van der Waals surface area (Å²) >= 11 is 0. The fraction of sp³-hybridized carbons (Fsp3) is 0.750. The summed E-state index contributed by atoms with van der Waals surface area (Å²) in [6.45, 7) is 1.33. The molecular formula is C12H20N2O4. The number of urea groups is 1. The van der Waals surface area contributed by atoms with Crippen LogP contribution in [0.15, 0.2) is 0 Å². The molecule has 1 heterocycles. The molecule has 18 heavy (non-hydrogen) atoms. The van der Waals surface area contributed by atoms with Crippen molar-refractivity contribution in [3.05, 3.63) is 0 Å². The second-order valence-corrected chi connectivity index (χ2v) is 4.50. The van der Waals surface area contributed by atoms with Gasteiger partial charge in [0.25, 0.3) is 0 Å². The summed E-state index contributed by atoms with van der Waals surface area (Å²) in [5, 5.41) is 10.7. The van der Waals surface area contributed by atoms with Gasteiger partial charge in [-0.25, -0.2) is 4.79 Å². The molecule has 3 amide bonds. The summed E-state index contributed by atoms with van der Waals surface area (Å²) in [5.74, 6) is -1.56. The van der Waals surface area contributed by atoms with E-state index in [-0.39, 0.29) is 12.8 Å². The van der Waals surface area contributed by atoms with Crippen LogP contribution in [0, 0.1) is 0 Å². The Morgan fingerprint density at radius 1 is 0.944 bits per heavy atom. The Morgan fingerprint density at radius 3 is 2.06 bits per heavy atom. The molecule has 0 radical (unpaired) electrons. The van der Waals surface area contributed by atoms with Crippen LogP contribution in [0.3, 0.4) is 0 Å². The van der Waals surface area contributed by atoms with Crippen molar-refractivity contribution in [1.82, 2.24) is 10.2 Å². The first-order chi connectivity index (χ1) is 8.59. The van der Waals surface area contributed by atoms with E-state index in [0.29, 0.717) is 13.1 Å². The lowest BCUT2D eigenvalue weighted by atomic mass is 10.1. The minimum Gasteiger partial charge on any atom is -0.481 e. The number of amides is 3. The van der Waals surface area contributed by atoms with Gasteiger partial charge in [0.2, 0.25) is 5.91 Å². The molecular weight excluding hydrogens is 236 g/mol. The molecule has 1 fully saturated rings. The van der Waals surface area contributed by atoms with E-state index in [9.17, 15) is 14.4 Å². The predicted octanol–water partition coefficient (Wildman–Crippen LogP) is 1.35. The number of imide groups is 1. The first-order valence-corrected chi connectivity index (χ1v) is 6.40. The normalized spacial score (nSPS) is 16.6. The molecule has 0 aromatic carbocycles. The van der Waals surface area contributed by atoms with E-state index < -0.39 is 17.9 Å². The maximum Gasteiger partial charge on any atom is 0.324 e. The van der Waals surface area contributed by atoms with Gasteiger partial charge >= 0.3 is 12.0 Å². The molecule has 1 saturated heterocycles. The highest BCUT2D eigenvalue weighted by Crippen LogP contribution is 2.10. The van der Waals surface area contributed by atoms with Crippen molar-refractivity contribution < 1.29 is 19.5 Å². The number of carbonyl (C=O) groups is 3. The average Bonchev–Trinajstić information content (AvgIpc) is 2.25. The van der Waals surface area contributed by atoms with Crippen LogP contribution >= 0.6 is 0 Å². The lowest BCUT2D eigenvalue weighted by Gasteiger charge is -2.24. The van der Waals surface area contributed by atoms with Gasteiger partial charge in [-0.05, 0) is 12.8 Å². The third-order valence-corrected chi connectivity index (χ3v) is 2.96. The number of rotatable bonds is 3. The largest absolute Gasteiger partial charge is 0.481 e. The van der Waals surface area contributed by atoms with Crippen LogP contribution in [0.2, 0.25) is 0 Å². The number of aliphatic carboxylic acids is 1. The van der Waals surface area contributed by atoms with Crippen LogP contribution in [-0.4, -0.2) is 41.0 Å². The van der Waals surface area contributed by atoms with Crippen LogP contribution in [0.1, 0.15) is 44.9 Å². The zero-order chi connectivity index (χ0) is 13.4. The molecule has 0 aromatic rings. The van der Waals surface area contributed by atoms with Crippen molar-refractivity contribution in [2.24, 2.45) is 0 Å². The number of hydrogen-bond acceptors (Lipinski definition) is 3. The second-order valence-electron chi connectivity index (χ2n) is 4.50. The molecule has 1 aliphatic heterocycles. The Balaban J connectivity index is 2.33. The van der Waals surface area contributed by atoms with Crippen LogP contribution in [0.25, 0.3) is 0 Å². The van der Waals surface area contributed by atoms with E-state index in [0.717, 1.165) is 25.7 Å². The van der Waals surface area contributed by atoms with Gasteiger partial charge in [0.15, 0.2) is 0 Å². The van der Waals surface area contributed by atoms with Gasteiger partial charge in [0, 0.05) is 19.5 Å². The molecule has 2 N–H and O–H groups in total. The second kappa shape index (κ2) is 7.68. The number of carbonyl (C=O) groups excluding carboxylic acids is 2. The van der Waals surface area contributed by atoms with E-state index in [1.54, 1.807) is 4.90 Å². The summed E-state index contributed by atoms with van der Waals surface area (Å²) < 4.78 is 0. The molecule has 102 valence electrons. The van der Waals surface area contributed by atoms with Crippen LogP contribution < -0.4 is 5.32 Å². The fourth-order valence-electron chi connectivity index (χ4n) is 1.93. The van der Waals surface area contributed by atoms with Crippen molar-refractivity contribution in [3.8, 4) is 0 Å². The monoisotopic (exact) mass is 256 g/mol. The van der Waals surface area contributed by atoms with Crippen molar-refractivity contribution in [3.63, 3.8) is 0 Å². The first-order valence-electron chi connectivity index (χ1n) is 6.40. The number of carboxylic acid groups (broad SMARTS) is 1. The Morgan fingerprint density at radius 2 is 1.50 bits per heavy atom. The van der Waals surface area contributed by atoms with Crippen molar-refractivity contribution >= 4 is 17.9 Å². The summed E-state index contributed by atoms with van der Waals surface area (Å²) in [5.41, 5.74) is 0. The summed E-state index contributed by atoms with van der Waals surface area (Å²) in [6.07, 6.45) is 4.92. The maximum absolute atomic E-state index is 11.8. The molecule has 6 heteroatoms. The quantitative estimate of drug-likeness (QED) is 0.798. The first kappa shape index (κ1) is 14.5. The van der Waals surface area contributed by atoms with E-state index in [4.69, 9.17) is 5.11 Å². The number of carboxylic acids is 1. The highest BCUT2D eigenvalue weighted by molar-refractivity contribution is 5.95. The molecule has 0 aromatic heterocycles. The minimum absolute atomic E-state index is 0.158. The Labute approximate surface area is 106 Å². The van der Waals surface area contributed by atoms with Gasteiger partial charge in [-0.1, -0.05) is 19.3 Å². The minimum atomic E-state index is -1.04. The van der Waals surface area contributed by atoms with Gasteiger partial charge in [-0.15, -0.1) is 0 Å². The number of nitrogens with zero attached hydrogens (tertiary/aromatic N) is 1. The van der Waals surface area contributed by atoms with Crippen molar-refractivity contribution in [2.45, 2.75) is 44.9 Å². The van der Waals surface area contributed by atoms with Gasteiger partial charge < -0.3 is 10.0 Å². The highest BCUT2D eigenvalue weighted by atomic mass is 16.4. The van der Waals surface area contributed by atoms with E-state index in [1.165, 1.54) is 6.42 Å². The lowest BCUT2D eigenvalue weighted by Crippen LogP contribution is -2.44. The molecule has 0 spiro atoms. The van der Waals surface area contributed by atoms with Crippen molar-refractivity contribution in [2.75, 3.05) is 13.1 Å². The average molecular weight is 256 g/mol. The summed E-state index contributed by atoms with van der Waals surface area (Å²) in [7, 11) is 0. The topological polar surface area (TPSA) is 86.7 Å². The predicted molar refractivity (Wildman–Crippen MR) is 65.1 cm³/mol. The van der Waals surface area contributed by atoms with Crippen LogP contribution in [-0.2, 0) is 9.59 Å². The molecule has 0 aliphatic carbocycles. The van der Waals surface area contributed by atoms with E-state index in [1.807, 2.05) is 0 Å². The number of hydrogen-bond donors (Lipinski definition) is 2. The van der Waals surface area contributed by atoms with E-state index >= 15 is 0 Å². The lowest BCUT2D eigenvalue weighted by molar-refractivity contribution is -0.138. The molecule has 0 atom stereocenters. The molecule has 0 saturated carbocycles. The Hall–Kier alpha value is -1.59. The molecule has 6 nitrogen and oxygen atoms in total. The third-order valence-electron chi connectivity index (χ3n) is 2.96. The fourth-order valence-corrected chi connectivity index (χ4v) is 1.93. The molecule has 0 unspecified atom stereocenters. The van der Waals surface area contributed by atoms with Gasteiger partial charge in [-0.3, -0.25) is 14.9 Å². The van der Waals surface area contributed by atoms with Crippen molar-refractivity contribution in [1.29, 1.82) is 0 Å². The molecule has 1 aliphatic rings. The van der Waals surface area contributed by atoms with Gasteiger partial charge in [-0.2, -0.15) is 0 Å². The van der Waals surface area contributed by atoms with Crippen LogP contribution in [0.5, 0.6) is 0 Å². The van der Waals surface area contributed by atoms with E-state index in [2.05, 4.69) is 5.32 Å². The van der Waals surface area contributed by atoms with Gasteiger partial charge in [0.05, 0.1) is 6.42 Å². The summed E-state index contributed by atoms with van der Waals surface area (Å²) in [4.78, 5) is 35.0. The standard InChI is InChI=1S/C12H20N2O4/c15-10(6-7-11(16)17)13-12(18)14-8-4-2-1-3-5-9-14/h1-9H2,(H,16,17)(H,13,15,18). The number of nitrogens with one attached hydrogen (secondary N) is 1.